The first-order valence-electron chi connectivity index (χ1n) is 6.63. The Morgan fingerprint density at radius 1 is 1.14 bits per heavy atom. The van der Waals surface area contributed by atoms with E-state index in [0.717, 1.165) is 39.1 Å². The van der Waals surface area contributed by atoms with Gasteiger partial charge in [0, 0.05) is 35.4 Å². The van der Waals surface area contributed by atoms with Gasteiger partial charge in [-0.1, -0.05) is 12.1 Å². The van der Waals surface area contributed by atoms with Crippen molar-refractivity contribution in [3.8, 4) is 0 Å². The van der Waals surface area contributed by atoms with Crippen molar-refractivity contribution in [3.05, 3.63) is 47.5 Å². The summed E-state index contributed by atoms with van der Waals surface area (Å²) in [5.41, 5.74) is 0.983. The quantitative estimate of drug-likeness (QED) is 0.750. The summed E-state index contributed by atoms with van der Waals surface area (Å²) in [6.07, 6.45) is 5.17. The summed E-state index contributed by atoms with van der Waals surface area (Å²) in [6, 6.07) is 8.03. The van der Waals surface area contributed by atoms with Crippen molar-refractivity contribution in [1.29, 1.82) is 0 Å². The molecule has 0 spiro atoms. The third kappa shape index (κ3) is 2.80. The fraction of sp³-hybridized carbons (Fsp3) is 0.133. The summed E-state index contributed by atoms with van der Waals surface area (Å²) in [5.74, 6) is 1.50. The minimum Gasteiger partial charge on any atom is -0.369 e. The molecule has 0 aliphatic carbocycles. The summed E-state index contributed by atoms with van der Waals surface area (Å²) >= 11 is 3.54. The highest BCUT2D eigenvalue weighted by Gasteiger charge is 2.09. The average Bonchev–Trinajstić information content (AvgIpc) is 2.52. The molecule has 2 aromatic heterocycles. The first kappa shape index (κ1) is 13.8. The molecule has 0 aliphatic rings. The van der Waals surface area contributed by atoms with Gasteiger partial charge in [0.05, 0.1) is 0 Å². The zero-order valence-corrected chi connectivity index (χ0v) is 13.1. The molecule has 0 saturated heterocycles. The Labute approximate surface area is 131 Å². The van der Waals surface area contributed by atoms with E-state index >= 15 is 0 Å². The normalized spacial score (nSPS) is 10.6. The van der Waals surface area contributed by atoms with Crippen molar-refractivity contribution in [3.63, 3.8) is 0 Å². The lowest BCUT2D eigenvalue weighted by Gasteiger charge is -2.12. The molecule has 0 radical (unpaired) electrons. The minimum absolute atomic E-state index is 0.727. The number of pyridine rings is 1. The van der Waals surface area contributed by atoms with Crippen molar-refractivity contribution in [2.45, 2.75) is 6.92 Å². The molecule has 1 aromatic carbocycles. The molecule has 6 heteroatoms. The number of nitrogens with one attached hydrogen (secondary N) is 2. The van der Waals surface area contributed by atoms with E-state index < -0.39 is 0 Å². The van der Waals surface area contributed by atoms with Crippen molar-refractivity contribution < 1.29 is 0 Å². The van der Waals surface area contributed by atoms with E-state index in [4.69, 9.17) is 0 Å². The monoisotopic (exact) mass is 343 g/mol. The lowest BCUT2D eigenvalue weighted by molar-refractivity contribution is 1.10. The maximum Gasteiger partial charge on any atom is 0.150 e. The summed E-state index contributed by atoms with van der Waals surface area (Å²) in [5, 5.41) is 8.72. The SMILES string of the molecule is CCNc1ncnc(Nc2cccc3cnccc23)c1Br. The molecule has 2 heterocycles. The van der Waals surface area contributed by atoms with Crippen LogP contribution in [0.25, 0.3) is 10.8 Å². The van der Waals surface area contributed by atoms with Crippen LogP contribution < -0.4 is 10.6 Å². The molecule has 0 aliphatic heterocycles. The second kappa shape index (κ2) is 6.05. The molecule has 0 bridgehead atoms. The molecule has 2 N–H and O–H groups in total. The largest absolute Gasteiger partial charge is 0.369 e. The molecule has 0 unspecified atom stereocenters. The van der Waals surface area contributed by atoms with Crippen LogP contribution in [0.15, 0.2) is 47.5 Å². The van der Waals surface area contributed by atoms with Gasteiger partial charge in [-0.2, -0.15) is 0 Å². The Bertz CT molecular complexity index is 770. The molecule has 5 nitrogen and oxygen atoms in total. The maximum absolute atomic E-state index is 4.30. The van der Waals surface area contributed by atoms with Crippen molar-refractivity contribution in [2.24, 2.45) is 0 Å². The topological polar surface area (TPSA) is 62.7 Å². The number of nitrogens with zero attached hydrogens (tertiary/aromatic N) is 3. The highest BCUT2D eigenvalue weighted by molar-refractivity contribution is 9.10. The minimum atomic E-state index is 0.727. The van der Waals surface area contributed by atoms with E-state index in [1.165, 1.54) is 6.33 Å². The van der Waals surface area contributed by atoms with Gasteiger partial charge in [-0.3, -0.25) is 4.98 Å². The van der Waals surface area contributed by atoms with Gasteiger partial charge in [-0.15, -0.1) is 0 Å². The highest BCUT2D eigenvalue weighted by atomic mass is 79.9. The molecule has 0 atom stereocenters. The van der Waals surface area contributed by atoms with Crippen molar-refractivity contribution >= 4 is 44.0 Å². The van der Waals surface area contributed by atoms with E-state index in [1.54, 1.807) is 6.20 Å². The van der Waals surface area contributed by atoms with Gasteiger partial charge in [0.1, 0.15) is 22.4 Å². The fourth-order valence-corrected chi connectivity index (χ4v) is 2.55. The summed E-state index contributed by atoms with van der Waals surface area (Å²) in [7, 11) is 0. The van der Waals surface area contributed by atoms with Crippen LogP contribution in [0.5, 0.6) is 0 Å². The predicted octanol–water partition coefficient (Wildman–Crippen LogP) is 3.96. The van der Waals surface area contributed by atoms with Gasteiger partial charge in [-0.25, -0.2) is 9.97 Å². The average molecular weight is 344 g/mol. The molecule has 106 valence electrons. The third-order valence-corrected chi connectivity index (χ3v) is 3.82. The van der Waals surface area contributed by atoms with Gasteiger partial charge in [0.2, 0.25) is 0 Å². The number of hydrogen-bond acceptors (Lipinski definition) is 5. The van der Waals surface area contributed by atoms with E-state index in [9.17, 15) is 0 Å². The first-order valence-corrected chi connectivity index (χ1v) is 7.43. The van der Waals surface area contributed by atoms with Crippen LogP contribution >= 0.6 is 15.9 Å². The maximum atomic E-state index is 4.30. The number of fused-ring (bicyclic) bond motifs is 1. The Hall–Kier alpha value is -2.21. The zero-order chi connectivity index (χ0) is 14.7. The Morgan fingerprint density at radius 3 is 2.86 bits per heavy atom. The number of aromatic nitrogens is 3. The second-order valence-electron chi connectivity index (χ2n) is 4.44. The smallest absolute Gasteiger partial charge is 0.150 e. The number of rotatable bonds is 4. The molecule has 0 amide bonds. The molecule has 21 heavy (non-hydrogen) atoms. The van der Waals surface area contributed by atoms with Crippen molar-refractivity contribution in [2.75, 3.05) is 17.2 Å². The predicted molar refractivity (Wildman–Crippen MR) is 88.9 cm³/mol. The van der Waals surface area contributed by atoms with E-state index in [1.807, 2.05) is 37.4 Å². The number of anilines is 3. The van der Waals surface area contributed by atoms with E-state index in [0.29, 0.717) is 0 Å². The second-order valence-corrected chi connectivity index (χ2v) is 5.24. The fourth-order valence-electron chi connectivity index (χ4n) is 2.11. The zero-order valence-electron chi connectivity index (χ0n) is 11.5. The van der Waals surface area contributed by atoms with Crippen LogP contribution in [0.1, 0.15) is 6.92 Å². The number of benzene rings is 1. The molecule has 3 rings (SSSR count). The highest BCUT2D eigenvalue weighted by Crippen LogP contribution is 2.31. The van der Waals surface area contributed by atoms with Crippen LogP contribution in [0, 0.1) is 0 Å². The Morgan fingerprint density at radius 2 is 2.00 bits per heavy atom. The number of halogens is 1. The van der Waals surface area contributed by atoms with Crippen LogP contribution in [0.2, 0.25) is 0 Å². The summed E-state index contributed by atoms with van der Waals surface area (Å²) in [4.78, 5) is 12.7. The third-order valence-electron chi connectivity index (χ3n) is 3.07. The summed E-state index contributed by atoms with van der Waals surface area (Å²) < 4.78 is 0.818. The van der Waals surface area contributed by atoms with Crippen LogP contribution in [0.4, 0.5) is 17.3 Å². The van der Waals surface area contributed by atoms with Gasteiger partial charge < -0.3 is 10.6 Å². The molecule has 3 aromatic rings. The van der Waals surface area contributed by atoms with E-state index in [-0.39, 0.29) is 0 Å². The molecule has 0 fully saturated rings. The van der Waals surface area contributed by atoms with Gasteiger partial charge in [0.25, 0.3) is 0 Å². The lowest BCUT2D eigenvalue weighted by atomic mass is 10.1. The molecular formula is C15H14BrN5. The van der Waals surface area contributed by atoms with Crippen LogP contribution in [-0.4, -0.2) is 21.5 Å². The molecular weight excluding hydrogens is 330 g/mol. The van der Waals surface area contributed by atoms with Gasteiger partial charge in [0.15, 0.2) is 0 Å². The Kier molecular flexibility index (Phi) is 3.96. The van der Waals surface area contributed by atoms with E-state index in [2.05, 4.69) is 41.5 Å². The standard InChI is InChI=1S/C15H14BrN5/c1-2-18-14-13(16)15(20-9-19-14)21-12-5-3-4-10-8-17-7-6-11(10)12/h3-9H,2H2,1H3,(H2,18,19,20,21). The van der Waals surface area contributed by atoms with Gasteiger partial charge >= 0.3 is 0 Å². The molecule has 0 saturated carbocycles. The first-order chi connectivity index (χ1) is 10.3. The van der Waals surface area contributed by atoms with Crippen LogP contribution in [-0.2, 0) is 0 Å². The Balaban J connectivity index is 2.01. The summed E-state index contributed by atoms with van der Waals surface area (Å²) in [6.45, 7) is 2.83. The van der Waals surface area contributed by atoms with Crippen LogP contribution in [0.3, 0.4) is 0 Å². The van der Waals surface area contributed by atoms with Crippen molar-refractivity contribution in [1.82, 2.24) is 15.0 Å². The van der Waals surface area contributed by atoms with Gasteiger partial charge in [-0.05, 0) is 35.0 Å². The lowest BCUT2D eigenvalue weighted by Crippen LogP contribution is -2.04. The number of hydrogen-bond donors (Lipinski definition) is 2.